The van der Waals surface area contributed by atoms with Crippen LogP contribution in [0, 0.1) is 0 Å². The number of carbonyl (C=O) groups excluding carboxylic acids is 1. The number of urea groups is 1. The molecule has 3 rings (SSSR count). The molecule has 0 radical (unpaired) electrons. The molecule has 5 nitrogen and oxygen atoms in total. The van der Waals surface area contributed by atoms with Gasteiger partial charge in [-0.3, -0.25) is 0 Å². The van der Waals surface area contributed by atoms with Gasteiger partial charge < -0.3 is 20.3 Å². The molecular weight excluding hydrogens is 346 g/mol. The number of nitrogens with one attached hydrogen (secondary N) is 2. The van der Waals surface area contributed by atoms with E-state index in [1.165, 1.54) is 5.69 Å². The fourth-order valence-corrected chi connectivity index (χ4v) is 3.49. The van der Waals surface area contributed by atoms with Crippen LogP contribution in [0.2, 0.25) is 0 Å². The standard InChI is InChI=1S/C16H22BrN3O2/c1-11-15(6-8-22-11)19-16(21)18-13-5-7-20(10-13)14-4-2-3-12(17)9-14/h2-4,9,11,13,15H,5-8,10H2,1H3,(H2,18,19,21)/t11-,13?,15-/m1/s1. The second-order valence-electron chi connectivity index (χ2n) is 6.00. The molecule has 2 aliphatic rings. The van der Waals surface area contributed by atoms with Crippen molar-refractivity contribution in [3.8, 4) is 0 Å². The average molecular weight is 368 g/mol. The van der Waals surface area contributed by atoms with Gasteiger partial charge in [0.25, 0.3) is 0 Å². The van der Waals surface area contributed by atoms with Gasteiger partial charge in [-0.1, -0.05) is 22.0 Å². The predicted octanol–water partition coefficient (Wildman–Crippen LogP) is 2.50. The summed E-state index contributed by atoms with van der Waals surface area (Å²) in [5, 5.41) is 6.10. The normalized spacial score (nSPS) is 27.9. The maximum atomic E-state index is 12.1. The number of anilines is 1. The summed E-state index contributed by atoms with van der Waals surface area (Å²) in [6.45, 7) is 4.54. The predicted molar refractivity (Wildman–Crippen MR) is 90.2 cm³/mol. The summed E-state index contributed by atoms with van der Waals surface area (Å²) in [6.07, 6.45) is 1.97. The van der Waals surface area contributed by atoms with Crippen LogP contribution in [0.3, 0.4) is 0 Å². The number of rotatable bonds is 3. The second kappa shape index (κ2) is 6.87. The van der Waals surface area contributed by atoms with Gasteiger partial charge in [-0.2, -0.15) is 0 Å². The topological polar surface area (TPSA) is 53.6 Å². The molecule has 22 heavy (non-hydrogen) atoms. The molecule has 0 aromatic heterocycles. The Labute approximate surface area is 139 Å². The summed E-state index contributed by atoms with van der Waals surface area (Å²) in [6, 6.07) is 8.51. The zero-order chi connectivity index (χ0) is 15.5. The van der Waals surface area contributed by atoms with Crippen molar-refractivity contribution >= 4 is 27.6 Å². The molecule has 2 saturated heterocycles. The van der Waals surface area contributed by atoms with E-state index in [0.29, 0.717) is 0 Å². The van der Waals surface area contributed by atoms with Crippen LogP contribution in [0.15, 0.2) is 28.7 Å². The zero-order valence-corrected chi connectivity index (χ0v) is 14.3. The lowest BCUT2D eigenvalue weighted by molar-refractivity contribution is 0.114. The molecule has 1 aromatic carbocycles. The van der Waals surface area contributed by atoms with Gasteiger partial charge in [0, 0.05) is 35.9 Å². The van der Waals surface area contributed by atoms with Crippen LogP contribution >= 0.6 is 15.9 Å². The van der Waals surface area contributed by atoms with Gasteiger partial charge in [0.2, 0.25) is 0 Å². The minimum absolute atomic E-state index is 0.0801. The molecular formula is C16H22BrN3O2. The van der Waals surface area contributed by atoms with Gasteiger partial charge >= 0.3 is 6.03 Å². The SMILES string of the molecule is C[C@H]1OCC[C@H]1NC(=O)NC1CCN(c2cccc(Br)c2)C1. The number of nitrogens with zero attached hydrogens (tertiary/aromatic N) is 1. The number of hydrogen-bond acceptors (Lipinski definition) is 3. The Hall–Kier alpha value is -1.27. The molecule has 1 unspecified atom stereocenters. The molecule has 2 fully saturated rings. The van der Waals surface area contributed by atoms with Crippen LogP contribution in [-0.4, -0.2) is 43.9 Å². The molecule has 0 saturated carbocycles. The summed E-state index contributed by atoms with van der Waals surface area (Å²) >= 11 is 3.50. The minimum Gasteiger partial charge on any atom is -0.376 e. The van der Waals surface area contributed by atoms with E-state index in [2.05, 4.69) is 43.6 Å². The molecule has 6 heteroatoms. The van der Waals surface area contributed by atoms with Crippen LogP contribution < -0.4 is 15.5 Å². The number of benzene rings is 1. The number of amides is 2. The van der Waals surface area contributed by atoms with E-state index in [1.54, 1.807) is 0 Å². The van der Waals surface area contributed by atoms with E-state index in [1.807, 2.05) is 19.1 Å². The Morgan fingerprint density at radius 3 is 2.95 bits per heavy atom. The van der Waals surface area contributed by atoms with Gasteiger partial charge in [0.15, 0.2) is 0 Å². The van der Waals surface area contributed by atoms with Gasteiger partial charge in [-0.05, 0) is 38.0 Å². The van der Waals surface area contributed by atoms with E-state index in [9.17, 15) is 4.79 Å². The molecule has 3 atom stereocenters. The van der Waals surface area contributed by atoms with Crippen LogP contribution in [0.1, 0.15) is 19.8 Å². The molecule has 0 bridgehead atoms. The highest BCUT2D eigenvalue weighted by Gasteiger charge is 2.28. The first-order valence-electron chi connectivity index (χ1n) is 7.81. The summed E-state index contributed by atoms with van der Waals surface area (Å²) < 4.78 is 6.55. The van der Waals surface area contributed by atoms with Crippen molar-refractivity contribution in [1.29, 1.82) is 0 Å². The summed E-state index contributed by atoms with van der Waals surface area (Å²) in [4.78, 5) is 14.4. The maximum Gasteiger partial charge on any atom is 0.315 e. The molecule has 0 spiro atoms. The largest absolute Gasteiger partial charge is 0.376 e. The van der Waals surface area contributed by atoms with E-state index in [-0.39, 0.29) is 24.2 Å². The van der Waals surface area contributed by atoms with E-state index in [4.69, 9.17) is 4.74 Å². The maximum absolute atomic E-state index is 12.1. The van der Waals surface area contributed by atoms with Crippen molar-refractivity contribution in [3.05, 3.63) is 28.7 Å². The molecule has 2 heterocycles. The fraction of sp³-hybridized carbons (Fsp3) is 0.562. The summed E-state index contributed by atoms with van der Waals surface area (Å²) in [7, 11) is 0. The molecule has 0 aliphatic carbocycles. The molecule has 2 aliphatic heterocycles. The number of carbonyl (C=O) groups is 1. The summed E-state index contributed by atoms with van der Waals surface area (Å²) in [5.74, 6) is 0. The fourth-order valence-electron chi connectivity index (χ4n) is 3.10. The molecule has 1 aromatic rings. The van der Waals surface area contributed by atoms with Crippen LogP contribution in [-0.2, 0) is 4.74 Å². The highest BCUT2D eigenvalue weighted by molar-refractivity contribution is 9.10. The first-order chi connectivity index (χ1) is 10.6. The number of halogens is 1. The van der Waals surface area contributed by atoms with E-state index in [0.717, 1.165) is 37.0 Å². The third kappa shape index (κ3) is 3.73. The lowest BCUT2D eigenvalue weighted by Crippen LogP contribution is -2.48. The first-order valence-corrected chi connectivity index (χ1v) is 8.60. The second-order valence-corrected chi connectivity index (χ2v) is 6.92. The number of ether oxygens (including phenoxy) is 1. The van der Waals surface area contributed by atoms with Crippen molar-refractivity contribution < 1.29 is 9.53 Å². The van der Waals surface area contributed by atoms with Gasteiger partial charge in [0.1, 0.15) is 0 Å². The van der Waals surface area contributed by atoms with Crippen molar-refractivity contribution in [2.75, 3.05) is 24.6 Å². The van der Waals surface area contributed by atoms with E-state index < -0.39 is 0 Å². The Morgan fingerprint density at radius 1 is 1.36 bits per heavy atom. The Morgan fingerprint density at radius 2 is 2.23 bits per heavy atom. The summed E-state index contributed by atoms with van der Waals surface area (Å²) in [5.41, 5.74) is 1.19. The highest BCUT2D eigenvalue weighted by atomic mass is 79.9. The Balaban J connectivity index is 1.49. The van der Waals surface area contributed by atoms with Gasteiger partial charge in [-0.25, -0.2) is 4.79 Å². The monoisotopic (exact) mass is 367 g/mol. The quantitative estimate of drug-likeness (QED) is 0.862. The van der Waals surface area contributed by atoms with Crippen molar-refractivity contribution in [2.45, 2.75) is 38.0 Å². The molecule has 2 amide bonds. The van der Waals surface area contributed by atoms with Crippen LogP contribution in [0.5, 0.6) is 0 Å². The minimum atomic E-state index is -0.0801. The first kappa shape index (κ1) is 15.6. The lowest BCUT2D eigenvalue weighted by Gasteiger charge is -2.21. The highest BCUT2D eigenvalue weighted by Crippen LogP contribution is 2.23. The van der Waals surface area contributed by atoms with Crippen molar-refractivity contribution in [1.82, 2.24) is 10.6 Å². The molecule has 2 N–H and O–H groups in total. The Bertz CT molecular complexity index is 540. The van der Waals surface area contributed by atoms with E-state index >= 15 is 0 Å². The number of hydrogen-bond donors (Lipinski definition) is 2. The van der Waals surface area contributed by atoms with Crippen LogP contribution in [0.4, 0.5) is 10.5 Å². The van der Waals surface area contributed by atoms with Crippen molar-refractivity contribution in [2.24, 2.45) is 0 Å². The molecule has 120 valence electrons. The van der Waals surface area contributed by atoms with Gasteiger partial charge in [-0.15, -0.1) is 0 Å². The smallest absolute Gasteiger partial charge is 0.315 e. The lowest BCUT2D eigenvalue weighted by atomic mass is 10.2. The third-order valence-electron chi connectivity index (χ3n) is 4.39. The zero-order valence-electron chi connectivity index (χ0n) is 12.7. The Kier molecular flexibility index (Phi) is 4.88. The van der Waals surface area contributed by atoms with Crippen molar-refractivity contribution in [3.63, 3.8) is 0 Å². The third-order valence-corrected chi connectivity index (χ3v) is 4.88. The van der Waals surface area contributed by atoms with Gasteiger partial charge in [0.05, 0.1) is 12.1 Å². The van der Waals surface area contributed by atoms with Crippen LogP contribution in [0.25, 0.3) is 0 Å². The average Bonchev–Trinajstić information content (AvgIpc) is 3.09.